The van der Waals surface area contributed by atoms with Crippen molar-refractivity contribution in [2.75, 3.05) is 11.6 Å². The molecule has 39 heavy (non-hydrogen) atoms. The van der Waals surface area contributed by atoms with Gasteiger partial charge in [0.05, 0.1) is 26.7 Å². The highest BCUT2D eigenvalue weighted by Gasteiger charge is 2.21. The van der Waals surface area contributed by atoms with Crippen LogP contribution in [0.1, 0.15) is 40.4 Å². The number of hydrogen-bond donors (Lipinski definition) is 1. The Bertz CT molecular complexity index is 1810. The first kappa shape index (κ1) is 26.0. The lowest BCUT2D eigenvalue weighted by molar-refractivity contribution is 0.100. The summed E-state index contributed by atoms with van der Waals surface area (Å²) in [7, 11) is -2.96. The molecule has 2 atom stereocenters. The number of amides is 1. The zero-order chi connectivity index (χ0) is 27.7. The smallest absolute Gasteiger partial charge is 0.287 e. The third kappa shape index (κ3) is 5.36. The topological polar surface area (TPSA) is 124 Å². The Labute approximate surface area is 224 Å². The third-order valence-corrected chi connectivity index (χ3v) is 7.70. The minimum absolute atomic E-state index is 0.220. The molecule has 1 amide bonds. The van der Waals surface area contributed by atoms with Gasteiger partial charge in [-0.25, -0.2) is 18.1 Å². The molecule has 0 saturated heterocycles. The average molecular weight is 549 g/mol. The minimum atomic E-state index is -2.96. The van der Waals surface area contributed by atoms with Crippen molar-refractivity contribution in [2.24, 2.45) is 4.36 Å². The number of hydrogen-bond acceptors (Lipinski definition) is 8. The molecule has 5 rings (SSSR count). The van der Waals surface area contributed by atoms with Crippen LogP contribution in [0.15, 0.2) is 80.9 Å². The van der Waals surface area contributed by atoms with Crippen LogP contribution in [0.3, 0.4) is 0 Å². The van der Waals surface area contributed by atoms with Gasteiger partial charge in [-0.1, -0.05) is 23.4 Å². The molecule has 0 radical (unpaired) electrons. The number of benzene rings is 2. The Morgan fingerprint density at radius 3 is 2.67 bits per heavy atom. The highest BCUT2D eigenvalue weighted by Crippen LogP contribution is 2.34. The largest absolute Gasteiger partial charge is 0.480 e. The summed E-state index contributed by atoms with van der Waals surface area (Å²) in [6, 6.07) is 14.4. The number of aromatic nitrogens is 4. The number of halogens is 1. The van der Waals surface area contributed by atoms with Gasteiger partial charge in [-0.3, -0.25) is 4.79 Å². The molecule has 12 heteroatoms. The van der Waals surface area contributed by atoms with Crippen LogP contribution < -0.4 is 10.1 Å². The van der Waals surface area contributed by atoms with Crippen LogP contribution in [0.5, 0.6) is 5.75 Å². The van der Waals surface area contributed by atoms with Crippen LogP contribution in [-0.2, 0) is 9.73 Å². The van der Waals surface area contributed by atoms with E-state index in [1.165, 1.54) is 41.5 Å². The zero-order valence-corrected chi connectivity index (χ0v) is 22.4. The van der Waals surface area contributed by atoms with Crippen LogP contribution in [0, 0.1) is 19.7 Å². The van der Waals surface area contributed by atoms with E-state index in [0.717, 1.165) is 0 Å². The van der Waals surface area contributed by atoms with Crippen molar-refractivity contribution in [3.8, 4) is 5.75 Å². The standard InChI is InChI=1S/C27H25FN6O4S/c1-16-12-23(38-32-16)18(3)37-24-13-19(28)10-11-22(24)31-26-25-17(2)21(14-34(25)30-15-29-26)27(35)33-39(4,36)20-8-6-5-7-9-20/h5-15,18H,1-4H3,(H,29,30,31)/t18-,39-/m1/s1. The first-order chi connectivity index (χ1) is 18.6. The molecule has 0 aliphatic carbocycles. The van der Waals surface area contributed by atoms with E-state index >= 15 is 0 Å². The Hall–Kier alpha value is -4.58. The Kier molecular flexibility index (Phi) is 6.87. The SMILES string of the molecule is Cc1cc([C@@H](C)Oc2cc(F)ccc2Nc2ncnn3cc(C(=O)N=[S@](C)(=O)c4ccccc4)c(C)c23)on1. The van der Waals surface area contributed by atoms with E-state index in [9.17, 15) is 13.4 Å². The van der Waals surface area contributed by atoms with E-state index in [-0.39, 0.29) is 11.3 Å². The second kappa shape index (κ2) is 10.3. The van der Waals surface area contributed by atoms with Gasteiger partial charge < -0.3 is 14.6 Å². The number of rotatable bonds is 7. The van der Waals surface area contributed by atoms with Gasteiger partial charge in [-0.2, -0.15) is 9.46 Å². The molecular weight excluding hydrogens is 523 g/mol. The molecule has 0 bridgehead atoms. The quantitative estimate of drug-likeness (QED) is 0.277. The predicted octanol–water partition coefficient (Wildman–Crippen LogP) is 5.65. The third-order valence-electron chi connectivity index (χ3n) is 6.04. The molecule has 0 unspecified atom stereocenters. The first-order valence-electron chi connectivity index (χ1n) is 11.9. The minimum Gasteiger partial charge on any atom is -0.480 e. The van der Waals surface area contributed by atoms with Gasteiger partial charge in [-0.15, -0.1) is 0 Å². The van der Waals surface area contributed by atoms with Crippen LogP contribution in [-0.4, -0.2) is 36.1 Å². The van der Waals surface area contributed by atoms with Crippen LogP contribution in [0.25, 0.3) is 5.52 Å². The van der Waals surface area contributed by atoms with Crippen LogP contribution >= 0.6 is 0 Å². The molecule has 0 aliphatic heterocycles. The summed E-state index contributed by atoms with van der Waals surface area (Å²) in [5.74, 6) is -0.0649. The van der Waals surface area contributed by atoms with Gasteiger partial charge in [-0.05, 0) is 50.6 Å². The fourth-order valence-electron chi connectivity index (χ4n) is 4.05. The second-order valence-corrected chi connectivity index (χ2v) is 11.2. The van der Waals surface area contributed by atoms with E-state index < -0.39 is 27.6 Å². The number of nitrogens with one attached hydrogen (secondary N) is 1. The van der Waals surface area contributed by atoms with Gasteiger partial charge in [0.15, 0.2) is 17.7 Å². The molecule has 10 nitrogen and oxygen atoms in total. The summed E-state index contributed by atoms with van der Waals surface area (Å²) in [5.41, 5.74) is 2.38. The van der Waals surface area contributed by atoms with Crippen LogP contribution in [0.4, 0.5) is 15.9 Å². The fraction of sp³-hybridized carbons (Fsp3) is 0.185. The summed E-state index contributed by atoms with van der Waals surface area (Å²) in [4.78, 5) is 17.9. The van der Waals surface area contributed by atoms with Gasteiger partial charge >= 0.3 is 0 Å². The Balaban J connectivity index is 1.49. The first-order valence-corrected chi connectivity index (χ1v) is 13.9. The van der Waals surface area contributed by atoms with Gasteiger partial charge in [0, 0.05) is 29.5 Å². The molecule has 5 aromatic rings. The van der Waals surface area contributed by atoms with Crippen molar-refractivity contribution in [2.45, 2.75) is 31.8 Å². The van der Waals surface area contributed by atoms with E-state index in [1.54, 1.807) is 57.2 Å². The van der Waals surface area contributed by atoms with Crippen molar-refractivity contribution >= 4 is 32.7 Å². The molecule has 0 fully saturated rings. The highest BCUT2D eigenvalue weighted by atomic mass is 32.2. The number of carbonyl (C=O) groups is 1. The predicted molar refractivity (Wildman–Crippen MR) is 143 cm³/mol. The highest BCUT2D eigenvalue weighted by molar-refractivity contribution is 7.93. The molecule has 0 saturated carbocycles. The summed E-state index contributed by atoms with van der Waals surface area (Å²) in [6.45, 7) is 5.28. The molecule has 0 spiro atoms. The van der Waals surface area contributed by atoms with Crippen LogP contribution in [0.2, 0.25) is 0 Å². The number of anilines is 2. The lowest BCUT2D eigenvalue weighted by Crippen LogP contribution is -2.06. The monoisotopic (exact) mass is 548 g/mol. The fourth-order valence-corrected chi connectivity index (χ4v) is 5.23. The average Bonchev–Trinajstić information content (AvgIpc) is 3.49. The Morgan fingerprint density at radius 1 is 1.18 bits per heavy atom. The number of nitrogens with zero attached hydrogens (tertiary/aromatic N) is 5. The normalized spacial score (nSPS) is 13.6. The van der Waals surface area contributed by atoms with Gasteiger partial charge in [0.1, 0.15) is 23.4 Å². The molecule has 3 heterocycles. The van der Waals surface area contributed by atoms with Gasteiger partial charge in [0.2, 0.25) is 0 Å². The van der Waals surface area contributed by atoms with E-state index in [4.69, 9.17) is 9.26 Å². The zero-order valence-electron chi connectivity index (χ0n) is 21.6. The van der Waals surface area contributed by atoms with E-state index in [0.29, 0.717) is 38.9 Å². The van der Waals surface area contributed by atoms with E-state index in [1.807, 2.05) is 0 Å². The van der Waals surface area contributed by atoms with Crippen molar-refractivity contribution in [1.82, 2.24) is 19.8 Å². The maximum atomic E-state index is 14.2. The molecular formula is C27H25FN6O4S. The van der Waals surface area contributed by atoms with Crippen molar-refractivity contribution < 1.29 is 22.7 Å². The molecule has 1 N–H and O–H groups in total. The second-order valence-electron chi connectivity index (χ2n) is 8.98. The molecule has 0 aliphatic rings. The summed E-state index contributed by atoms with van der Waals surface area (Å²) in [5, 5.41) is 11.3. The Morgan fingerprint density at radius 2 is 1.95 bits per heavy atom. The van der Waals surface area contributed by atoms with E-state index in [2.05, 4.69) is 24.9 Å². The number of carbonyl (C=O) groups excluding carboxylic acids is 1. The van der Waals surface area contributed by atoms with Gasteiger partial charge in [0.25, 0.3) is 5.91 Å². The molecule has 200 valence electrons. The van der Waals surface area contributed by atoms with Crippen molar-refractivity contribution in [1.29, 1.82) is 0 Å². The summed E-state index contributed by atoms with van der Waals surface area (Å²) in [6.07, 6.45) is 3.71. The maximum Gasteiger partial charge on any atom is 0.287 e. The summed E-state index contributed by atoms with van der Waals surface area (Å²) >= 11 is 0. The van der Waals surface area contributed by atoms with Crippen molar-refractivity contribution in [3.05, 3.63) is 95.5 Å². The number of fused-ring (bicyclic) bond motifs is 1. The number of aryl methyl sites for hydroxylation is 2. The molecule has 3 aromatic heterocycles. The lowest BCUT2D eigenvalue weighted by atomic mass is 10.2. The maximum absolute atomic E-state index is 14.2. The lowest BCUT2D eigenvalue weighted by Gasteiger charge is -2.17. The number of ether oxygens (including phenoxy) is 1. The summed E-state index contributed by atoms with van der Waals surface area (Å²) < 4.78 is 44.1. The molecule has 2 aromatic carbocycles. The van der Waals surface area contributed by atoms with Crippen molar-refractivity contribution in [3.63, 3.8) is 0 Å².